The average Bonchev–Trinajstić information content (AvgIpc) is 3.47. The number of piperidine rings is 1. The number of aromatic nitrogens is 1. The van der Waals surface area contributed by atoms with Crippen LogP contribution in [-0.4, -0.2) is 55.2 Å². The van der Waals surface area contributed by atoms with E-state index in [1.807, 2.05) is 30.0 Å². The first-order valence-electron chi connectivity index (χ1n) is 12.2. The van der Waals surface area contributed by atoms with Crippen molar-refractivity contribution in [2.75, 3.05) is 13.7 Å². The van der Waals surface area contributed by atoms with Crippen LogP contribution in [0.1, 0.15) is 36.8 Å². The molecule has 0 saturated carbocycles. The number of fused-ring (bicyclic) bond motifs is 2. The predicted octanol–water partition coefficient (Wildman–Crippen LogP) is 3.65. The summed E-state index contributed by atoms with van der Waals surface area (Å²) in [7, 11) is -2.42. The summed E-state index contributed by atoms with van der Waals surface area (Å²) in [6, 6.07) is 14.0. The van der Waals surface area contributed by atoms with Crippen LogP contribution in [0.5, 0.6) is 0 Å². The van der Waals surface area contributed by atoms with Crippen molar-refractivity contribution in [2.45, 2.75) is 56.2 Å². The zero-order valence-electron chi connectivity index (χ0n) is 20.4. The highest BCUT2D eigenvalue weighted by Gasteiger charge is 2.45. The highest BCUT2D eigenvalue weighted by molar-refractivity contribution is 7.90. The fourth-order valence-corrected chi connectivity index (χ4v) is 6.77. The number of rotatable bonds is 7. The van der Waals surface area contributed by atoms with E-state index in [0.29, 0.717) is 37.8 Å². The first kappa shape index (κ1) is 24.5. The van der Waals surface area contributed by atoms with Crippen molar-refractivity contribution in [3.63, 3.8) is 0 Å². The Bertz CT molecular complexity index is 1400. The summed E-state index contributed by atoms with van der Waals surface area (Å²) in [6.07, 6.45) is 3.76. The summed E-state index contributed by atoms with van der Waals surface area (Å²) in [6.45, 7) is 2.29. The number of esters is 1. The van der Waals surface area contributed by atoms with E-state index in [4.69, 9.17) is 9.47 Å². The molecule has 2 fully saturated rings. The summed E-state index contributed by atoms with van der Waals surface area (Å²) in [4.78, 5) is 26.6. The second-order valence-electron chi connectivity index (χ2n) is 9.58. The minimum absolute atomic E-state index is 0.0350. The molecule has 0 spiro atoms. The summed E-state index contributed by atoms with van der Waals surface area (Å²) >= 11 is 0. The number of hydrogen-bond donors (Lipinski definition) is 0. The van der Waals surface area contributed by atoms with Gasteiger partial charge in [-0.1, -0.05) is 35.9 Å². The van der Waals surface area contributed by atoms with E-state index in [-0.39, 0.29) is 41.4 Å². The number of aryl methyl sites for hydroxylation is 1. The number of carbonyl (C=O) groups excluding carboxylic acids is 2. The van der Waals surface area contributed by atoms with Crippen molar-refractivity contribution in [1.29, 1.82) is 0 Å². The molecule has 2 aliphatic rings. The van der Waals surface area contributed by atoms with E-state index < -0.39 is 10.0 Å². The van der Waals surface area contributed by atoms with Gasteiger partial charge in [-0.3, -0.25) is 9.59 Å². The normalized spacial score (nSPS) is 22.1. The minimum atomic E-state index is -3.79. The maximum atomic E-state index is 13.5. The zero-order chi connectivity index (χ0) is 25.4. The lowest BCUT2D eigenvalue weighted by Gasteiger charge is -2.37. The van der Waals surface area contributed by atoms with Gasteiger partial charge in [0.25, 0.3) is 10.0 Å². The molecule has 0 aliphatic carbocycles. The third-order valence-electron chi connectivity index (χ3n) is 7.29. The van der Waals surface area contributed by atoms with Crippen molar-refractivity contribution in [3.8, 4) is 0 Å². The van der Waals surface area contributed by atoms with Crippen LogP contribution < -0.4 is 0 Å². The molecule has 0 bridgehead atoms. The Kier molecular flexibility index (Phi) is 6.61. The number of hydrogen-bond acceptors (Lipinski definition) is 6. The van der Waals surface area contributed by atoms with Crippen LogP contribution in [0.15, 0.2) is 59.6 Å². The lowest BCUT2D eigenvalue weighted by Crippen LogP contribution is -2.49. The molecule has 0 radical (unpaired) electrons. The van der Waals surface area contributed by atoms with Crippen molar-refractivity contribution in [1.82, 2.24) is 8.87 Å². The van der Waals surface area contributed by atoms with Crippen LogP contribution in [0.25, 0.3) is 10.9 Å². The monoisotopic (exact) mass is 510 g/mol. The molecule has 2 aliphatic heterocycles. The highest BCUT2D eigenvalue weighted by atomic mass is 32.2. The zero-order valence-corrected chi connectivity index (χ0v) is 21.2. The fraction of sp³-hybridized carbons (Fsp3) is 0.407. The molecule has 36 heavy (non-hydrogen) atoms. The fourth-order valence-electron chi connectivity index (χ4n) is 5.37. The smallest absolute Gasteiger partial charge is 0.305 e. The molecule has 9 heteroatoms. The number of nitrogens with zero attached hydrogens (tertiary/aromatic N) is 2. The van der Waals surface area contributed by atoms with Crippen LogP contribution in [-0.2, 0) is 35.5 Å². The summed E-state index contributed by atoms with van der Waals surface area (Å²) in [5, 5.41) is 0.836. The van der Waals surface area contributed by atoms with Crippen LogP contribution >= 0.6 is 0 Å². The molecule has 2 saturated heterocycles. The molecule has 1 amide bonds. The number of methoxy groups -OCH3 is 1. The van der Waals surface area contributed by atoms with Crippen LogP contribution in [0.4, 0.5) is 0 Å². The Morgan fingerprint density at radius 3 is 2.64 bits per heavy atom. The van der Waals surface area contributed by atoms with Gasteiger partial charge in [-0.2, -0.15) is 0 Å². The summed E-state index contributed by atoms with van der Waals surface area (Å²) in [5.41, 5.74) is 2.43. The van der Waals surface area contributed by atoms with Crippen molar-refractivity contribution in [3.05, 3.63) is 65.9 Å². The van der Waals surface area contributed by atoms with Gasteiger partial charge in [0, 0.05) is 30.3 Å². The Hall–Kier alpha value is -3.17. The predicted molar refractivity (Wildman–Crippen MR) is 134 cm³/mol. The second-order valence-corrected chi connectivity index (χ2v) is 11.4. The lowest BCUT2D eigenvalue weighted by atomic mass is 9.90. The van der Waals surface area contributed by atoms with E-state index in [1.54, 1.807) is 36.5 Å². The Morgan fingerprint density at radius 2 is 1.89 bits per heavy atom. The van der Waals surface area contributed by atoms with E-state index in [1.165, 1.54) is 11.1 Å². The van der Waals surface area contributed by atoms with E-state index in [0.717, 1.165) is 16.5 Å². The van der Waals surface area contributed by atoms with E-state index in [2.05, 4.69) is 0 Å². The Morgan fingerprint density at radius 1 is 1.14 bits per heavy atom. The van der Waals surface area contributed by atoms with Gasteiger partial charge in [-0.05, 0) is 49.9 Å². The third-order valence-corrected chi connectivity index (χ3v) is 8.98. The van der Waals surface area contributed by atoms with Crippen LogP contribution in [0, 0.1) is 12.8 Å². The summed E-state index contributed by atoms with van der Waals surface area (Å²) in [5.74, 6) is -0.168. The summed E-state index contributed by atoms with van der Waals surface area (Å²) < 4.78 is 39.2. The molecule has 0 unspecified atom stereocenters. The minimum Gasteiger partial charge on any atom is -0.469 e. The second kappa shape index (κ2) is 9.71. The molecule has 2 aromatic carbocycles. The van der Waals surface area contributed by atoms with E-state index >= 15 is 0 Å². The van der Waals surface area contributed by atoms with Crippen molar-refractivity contribution >= 4 is 32.8 Å². The number of benzene rings is 2. The number of amides is 1. The number of ether oxygens (including phenoxy) is 2. The largest absolute Gasteiger partial charge is 0.469 e. The van der Waals surface area contributed by atoms with Gasteiger partial charge in [0.15, 0.2) is 0 Å². The molecule has 3 heterocycles. The third kappa shape index (κ3) is 4.41. The molecule has 1 aromatic heterocycles. The van der Waals surface area contributed by atoms with Crippen LogP contribution in [0.2, 0.25) is 0 Å². The lowest BCUT2D eigenvalue weighted by molar-refractivity contribution is -0.148. The van der Waals surface area contributed by atoms with Gasteiger partial charge in [-0.15, -0.1) is 0 Å². The van der Waals surface area contributed by atoms with Crippen molar-refractivity contribution in [2.24, 2.45) is 5.92 Å². The first-order valence-corrected chi connectivity index (χ1v) is 13.6. The van der Waals surface area contributed by atoms with Gasteiger partial charge >= 0.3 is 5.97 Å². The molecule has 190 valence electrons. The molecule has 3 aromatic rings. The van der Waals surface area contributed by atoms with E-state index in [9.17, 15) is 18.0 Å². The van der Waals surface area contributed by atoms with Gasteiger partial charge in [0.1, 0.15) is 6.23 Å². The van der Waals surface area contributed by atoms with Gasteiger partial charge < -0.3 is 14.4 Å². The standard InChI is InChI=1S/C27H30N2O6S/c1-18-7-11-22(12-8-18)36(32,33)28-16-20(23-5-3-4-6-24(23)28)15-21-17-35-27-19(10-14-26(31)34-2)9-13-25(30)29(21)27/h3-8,11-12,16,19,21,27H,9-10,13-15,17H2,1-2H3/t19-,21-,27-/m0/s1. The average molecular weight is 511 g/mol. The molecule has 8 nitrogen and oxygen atoms in total. The number of carbonyl (C=O) groups is 2. The highest BCUT2D eigenvalue weighted by Crippen LogP contribution is 2.37. The SMILES string of the molecule is COC(=O)CC[C@@H]1CCC(=O)N2[C@@H](Cc3cn(S(=O)(=O)c4ccc(C)cc4)c4ccccc34)CO[C@@H]12. The first-order chi connectivity index (χ1) is 17.3. The molecule has 0 N–H and O–H groups in total. The molecule has 5 rings (SSSR count). The van der Waals surface area contributed by atoms with Crippen molar-refractivity contribution < 1.29 is 27.5 Å². The topological polar surface area (TPSA) is 94.9 Å². The van der Waals surface area contributed by atoms with Gasteiger partial charge in [-0.25, -0.2) is 12.4 Å². The van der Waals surface area contributed by atoms with Gasteiger partial charge in [0.05, 0.1) is 30.2 Å². The Balaban J connectivity index is 1.44. The maximum Gasteiger partial charge on any atom is 0.305 e. The Labute approximate surface area is 210 Å². The van der Waals surface area contributed by atoms with Gasteiger partial charge in [0.2, 0.25) is 5.91 Å². The quantitative estimate of drug-likeness (QED) is 0.451. The van der Waals surface area contributed by atoms with Crippen LogP contribution in [0.3, 0.4) is 0 Å². The maximum absolute atomic E-state index is 13.5. The molecular weight excluding hydrogens is 480 g/mol. The molecular formula is C27H30N2O6S. The number of para-hydroxylation sites is 1. The molecule has 3 atom stereocenters.